The smallest absolute Gasteiger partial charge is 0.261 e. The van der Waals surface area contributed by atoms with Gasteiger partial charge < -0.3 is 14.8 Å². The Labute approximate surface area is 150 Å². The fourth-order valence-electron chi connectivity index (χ4n) is 2.72. The molecule has 25 heavy (non-hydrogen) atoms. The van der Waals surface area contributed by atoms with Crippen LogP contribution in [-0.2, 0) is 11.2 Å². The molecule has 1 atom stereocenters. The number of aryl methyl sites for hydroxylation is 2. The molecule has 0 spiro atoms. The lowest BCUT2D eigenvalue weighted by molar-refractivity contribution is -0.128. The Balaban J connectivity index is 1.86. The van der Waals surface area contributed by atoms with Gasteiger partial charge in [0.1, 0.15) is 11.5 Å². The third-order valence-corrected chi connectivity index (χ3v) is 4.01. The molecule has 134 valence electrons. The number of carbonyl (C=O) groups is 1. The number of nitrogens with one attached hydrogen (secondary N) is 1. The molecule has 0 saturated heterocycles. The predicted octanol–water partition coefficient (Wildman–Crippen LogP) is 3.83. The molecule has 4 nitrogen and oxygen atoms in total. The van der Waals surface area contributed by atoms with Crippen LogP contribution in [0.3, 0.4) is 0 Å². The highest BCUT2D eigenvalue weighted by atomic mass is 16.5. The fourth-order valence-corrected chi connectivity index (χ4v) is 2.72. The van der Waals surface area contributed by atoms with Crippen molar-refractivity contribution >= 4 is 5.91 Å². The van der Waals surface area contributed by atoms with Crippen molar-refractivity contribution in [3.8, 4) is 11.5 Å². The summed E-state index contributed by atoms with van der Waals surface area (Å²) in [7, 11) is 1.65. The van der Waals surface area contributed by atoms with E-state index in [-0.39, 0.29) is 5.91 Å². The van der Waals surface area contributed by atoms with Gasteiger partial charge in [0.15, 0.2) is 6.10 Å². The minimum absolute atomic E-state index is 0.0739. The van der Waals surface area contributed by atoms with Crippen molar-refractivity contribution in [1.29, 1.82) is 0 Å². The topological polar surface area (TPSA) is 47.6 Å². The normalized spacial score (nSPS) is 11.7. The van der Waals surface area contributed by atoms with E-state index in [9.17, 15) is 4.79 Å². The van der Waals surface area contributed by atoms with Gasteiger partial charge in [-0.3, -0.25) is 4.79 Å². The standard InChI is InChI=1S/C21H27NO3/c1-5-20(25-19-13-15(2)12-16(3)14-19)21(23)22-11-10-17-6-8-18(24-4)9-7-17/h6-9,12-14,20H,5,10-11H2,1-4H3,(H,22,23)/t20-/m0/s1. The highest BCUT2D eigenvalue weighted by Crippen LogP contribution is 2.18. The molecular weight excluding hydrogens is 314 g/mol. The SMILES string of the molecule is CC[C@H](Oc1cc(C)cc(C)c1)C(=O)NCCc1ccc(OC)cc1. The van der Waals surface area contributed by atoms with E-state index < -0.39 is 6.10 Å². The molecule has 0 fully saturated rings. The maximum Gasteiger partial charge on any atom is 0.261 e. The number of hydrogen-bond donors (Lipinski definition) is 1. The molecule has 0 unspecified atom stereocenters. The number of rotatable bonds is 8. The number of benzene rings is 2. The van der Waals surface area contributed by atoms with Crippen molar-refractivity contribution in [2.45, 2.75) is 39.7 Å². The zero-order chi connectivity index (χ0) is 18.2. The molecule has 0 aromatic heterocycles. The van der Waals surface area contributed by atoms with E-state index in [1.54, 1.807) is 7.11 Å². The Bertz CT molecular complexity index is 675. The van der Waals surface area contributed by atoms with Crippen LogP contribution in [0.5, 0.6) is 11.5 Å². The van der Waals surface area contributed by atoms with Crippen molar-refractivity contribution in [3.05, 3.63) is 59.2 Å². The summed E-state index contributed by atoms with van der Waals surface area (Å²) in [6.45, 7) is 6.58. The van der Waals surface area contributed by atoms with Crippen molar-refractivity contribution in [2.24, 2.45) is 0 Å². The van der Waals surface area contributed by atoms with E-state index in [0.717, 1.165) is 34.6 Å². The minimum Gasteiger partial charge on any atom is -0.497 e. The van der Waals surface area contributed by atoms with Crippen molar-refractivity contribution < 1.29 is 14.3 Å². The molecule has 0 aliphatic carbocycles. The summed E-state index contributed by atoms with van der Waals surface area (Å²) in [4.78, 5) is 12.4. The van der Waals surface area contributed by atoms with E-state index in [2.05, 4.69) is 11.4 Å². The second-order valence-electron chi connectivity index (χ2n) is 6.23. The number of ether oxygens (including phenoxy) is 2. The summed E-state index contributed by atoms with van der Waals surface area (Å²) in [6, 6.07) is 13.9. The Morgan fingerprint density at radius 3 is 2.24 bits per heavy atom. The predicted molar refractivity (Wildman–Crippen MR) is 100 cm³/mol. The molecular formula is C21H27NO3. The Hall–Kier alpha value is -2.49. The summed E-state index contributed by atoms with van der Waals surface area (Å²) < 4.78 is 11.0. The third kappa shape index (κ3) is 5.82. The molecule has 1 N–H and O–H groups in total. The maximum absolute atomic E-state index is 12.4. The molecule has 0 aliphatic rings. The van der Waals surface area contributed by atoms with Gasteiger partial charge in [-0.1, -0.05) is 25.1 Å². The van der Waals surface area contributed by atoms with Crippen LogP contribution in [-0.4, -0.2) is 25.7 Å². The molecule has 0 heterocycles. The summed E-state index contributed by atoms with van der Waals surface area (Å²) in [5, 5.41) is 2.97. The van der Waals surface area contributed by atoms with Crippen LogP contribution in [0, 0.1) is 13.8 Å². The Morgan fingerprint density at radius 2 is 1.68 bits per heavy atom. The van der Waals surface area contributed by atoms with Gasteiger partial charge in [0, 0.05) is 6.54 Å². The largest absolute Gasteiger partial charge is 0.497 e. The van der Waals surface area contributed by atoms with E-state index in [1.165, 1.54) is 0 Å². The first-order chi connectivity index (χ1) is 12.0. The molecule has 4 heteroatoms. The van der Waals surface area contributed by atoms with E-state index >= 15 is 0 Å². The minimum atomic E-state index is -0.475. The number of amides is 1. The van der Waals surface area contributed by atoms with Gasteiger partial charge in [-0.15, -0.1) is 0 Å². The zero-order valence-electron chi connectivity index (χ0n) is 15.5. The van der Waals surface area contributed by atoms with Gasteiger partial charge in [0.2, 0.25) is 0 Å². The lowest BCUT2D eigenvalue weighted by Crippen LogP contribution is -2.38. The summed E-state index contributed by atoms with van der Waals surface area (Å²) in [6.07, 6.45) is 0.925. The average molecular weight is 341 g/mol. The van der Waals surface area contributed by atoms with Gasteiger partial charge in [0.05, 0.1) is 7.11 Å². The van der Waals surface area contributed by atoms with Gasteiger partial charge in [-0.05, 0) is 67.6 Å². The van der Waals surface area contributed by atoms with Crippen LogP contribution in [0.15, 0.2) is 42.5 Å². The van der Waals surface area contributed by atoms with Gasteiger partial charge in [-0.25, -0.2) is 0 Å². The quantitative estimate of drug-likeness (QED) is 0.794. The molecule has 2 aromatic rings. The lowest BCUT2D eigenvalue weighted by Gasteiger charge is -2.18. The fraction of sp³-hybridized carbons (Fsp3) is 0.381. The van der Waals surface area contributed by atoms with E-state index in [0.29, 0.717) is 13.0 Å². The zero-order valence-corrected chi connectivity index (χ0v) is 15.5. The monoisotopic (exact) mass is 341 g/mol. The summed E-state index contributed by atoms with van der Waals surface area (Å²) in [5.41, 5.74) is 3.42. The van der Waals surface area contributed by atoms with Crippen LogP contribution < -0.4 is 14.8 Å². The van der Waals surface area contributed by atoms with E-state index in [4.69, 9.17) is 9.47 Å². The van der Waals surface area contributed by atoms with Crippen LogP contribution in [0.4, 0.5) is 0 Å². The number of hydrogen-bond acceptors (Lipinski definition) is 3. The molecule has 2 rings (SSSR count). The Morgan fingerprint density at radius 1 is 1.04 bits per heavy atom. The molecule has 0 radical (unpaired) electrons. The number of carbonyl (C=O) groups excluding carboxylic acids is 1. The third-order valence-electron chi connectivity index (χ3n) is 4.01. The number of methoxy groups -OCH3 is 1. The molecule has 0 bridgehead atoms. The first-order valence-corrected chi connectivity index (χ1v) is 8.67. The molecule has 0 saturated carbocycles. The first-order valence-electron chi connectivity index (χ1n) is 8.67. The average Bonchev–Trinajstić information content (AvgIpc) is 2.59. The van der Waals surface area contributed by atoms with E-state index in [1.807, 2.05) is 57.2 Å². The Kier molecular flexibility index (Phi) is 6.87. The second-order valence-corrected chi connectivity index (χ2v) is 6.23. The summed E-state index contributed by atoms with van der Waals surface area (Å²) in [5.74, 6) is 1.51. The highest BCUT2D eigenvalue weighted by molar-refractivity contribution is 5.81. The highest BCUT2D eigenvalue weighted by Gasteiger charge is 2.18. The van der Waals surface area contributed by atoms with Crippen LogP contribution >= 0.6 is 0 Å². The molecule has 1 amide bonds. The van der Waals surface area contributed by atoms with Crippen LogP contribution in [0.2, 0.25) is 0 Å². The lowest BCUT2D eigenvalue weighted by atomic mass is 10.1. The van der Waals surface area contributed by atoms with Gasteiger partial charge in [0.25, 0.3) is 5.91 Å². The summed E-state index contributed by atoms with van der Waals surface area (Å²) >= 11 is 0. The van der Waals surface area contributed by atoms with Crippen molar-refractivity contribution in [3.63, 3.8) is 0 Å². The first kappa shape index (κ1) is 18.8. The van der Waals surface area contributed by atoms with Crippen LogP contribution in [0.25, 0.3) is 0 Å². The van der Waals surface area contributed by atoms with Crippen molar-refractivity contribution in [1.82, 2.24) is 5.32 Å². The molecule has 0 aliphatic heterocycles. The molecule has 2 aromatic carbocycles. The second kappa shape index (κ2) is 9.11. The van der Waals surface area contributed by atoms with Crippen LogP contribution in [0.1, 0.15) is 30.0 Å². The van der Waals surface area contributed by atoms with Crippen molar-refractivity contribution in [2.75, 3.05) is 13.7 Å². The maximum atomic E-state index is 12.4. The van der Waals surface area contributed by atoms with Gasteiger partial charge in [-0.2, -0.15) is 0 Å². The van der Waals surface area contributed by atoms with Gasteiger partial charge >= 0.3 is 0 Å².